The van der Waals surface area contributed by atoms with E-state index < -0.39 is 20.9 Å². The van der Waals surface area contributed by atoms with Crippen molar-refractivity contribution in [2.45, 2.75) is 88.6 Å². The summed E-state index contributed by atoms with van der Waals surface area (Å²) in [6.07, 6.45) is 11.7. The van der Waals surface area contributed by atoms with Crippen molar-refractivity contribution >= 4 is 61.1 Å². The molecule has 1 amide bonds. The highest BCUT2D eigenvalue weighted by atomic mass is 35.5. The number of piperidine rings is 1. The number of aromatic amines is 1. The Balaban J connectivity index is 0.910. The number of hydrogen-bond donors (Lipinski definition) is 3. The number of sulfonamides is 1. The Bertz CT molecular complexity index is 2700. The number of piperazine rings is 1. The Kier molecular flexibility index (Phi) is 13.0. The van der Waals surface area contributed by atoms with Crippen molar-refractivity contribution in [3.8, 4) is 11.5 Å². The van der Waals surface area contributed by atoms with Crippen molar-refractivity contribution < 1.29 is 22.9 Å². The summed E-state index contributed by atoms with van der Waals surface area (Å²) in [5.74, 6) is -0.266. The van der Waals surface area contributed by atoms with Crippen molar-refractivity contribution in [1.29, 1.82) is 0 Å². The average Bonchev–Trinajstić information content (AvgIpc) is 4.01. The van der Waals surface area contributed by atoms with Crippen molar-refractivity contribution in [2.75, 3.05) is 56.0 Å². The lowest BCUT2D eigenvalue weighted by molar-refractivity contribution is -0.384. The van der Waals surface area contributed by atoms with Crippen LogP contribution in [0.2, 0.25) is 5.02 Å². The van der Waals surface area contributed by atoms with Crippen LogP contribution in [-0.4, -0.2) is 91.9 Å². The van der Waals surface area contributed by atoms with Gasteiger partial charge in [0.15, 0.2) is 0 Å². The number of nitro groups is 1. The van der Waals surface area contributed by atoms with Crippen LogP contribution in [0.3, 0.4) is 0 Å². The lowest BCUT2D eigenvalue weighted by Gasteiger charge is -2.39. The normalized spacial score (nSPS) is 19.2. The molecular weight excluding hydrogens is 862 g/mol. The fourth-order valence-corrected chi connectivity index (χ4v) is 11.3. The summed E-state index contributed by atoms with van der Waals surface area (Å²) >= 11 is 6.25. The number of aromatic nitrogens is 1. The molecular formula is C50H58ClN7O6S. The zero-order valence-corrected chi connectivity index (χ0v) is 38.7. The van der Waals surface area contributed by atoms with Gasteiger partial charge in [-0.15, -0.1) is 0 Å². The summed E-state index contributed by atoms with van der Waals surface area (Å²) in [7, 11) is -4.54. The molecule has 1 aromatic heterocycles. The van der Waals surface area contributed by atoms with Crippen LogP contribution in [0.4, 0.5) is 17.1 Å². The van der Waals surface area contributed by atoms with Crippen LogP contribution in [0.5, 0.6) is 11.5 Å². The number of nitrogens with one attached hydrogen (secondary N) is 3. The first-order chi connectivity index (χ1) is 31.3. The van der Waals surface area contributed by atoms with E-state index in [1.54, 1.807) is 18.2 Å². The molecule has 0 atom stereocenters. The molecule has 65 heavy (non-hydrogen) atoms. The molecule has 0 spiro atoms. The molecule has 2 saturated heterocycles. The van der Waals surface area contributed by atoms with Crippen molar-refractivity contribution in [3.63, 3.8) is 0 Å². The number of H-pyrrole nitrogens is 1. The summed E-state index contributed by atoms with van der Waals surface area (Å²) in [6, 6.07) is 25.2. The number of allylic oxidation sites excluding steroid dienone is 1. The van der Waals surface area contributed by atoms with Gasteiger partial charge in [0.25, 0.3) is 21.6 Å². The van der Waals surface area contributed by atoms with Gasteiger partial charge in [-0.1, -0.05) is 56.0 Å². The highest BCUT2D eigenvalue weighted by Gasteiger charge is 2.32. The van der Waals surface area contributed by atoms with Crippen LogP contribution in [0.15, 0.2) is 102 Å². The quantitative estimate of drug-likeness (QED) is 0.0768. The van der Waals surface area contributed by atoms with Crippen LogP contribution in [0, 0.1) is 15.5 Å². The first kappa shape index (κ1) is 44.8. The van der Waals surface area contributed by atoms with Gasteiger partial charge >= 0.3 is 0 Å². The summed E-state index contributed by atoms with van der Waals surface area (Å²) < 4.78 is 36.2. The molecule has 5 aromatic rings. The number of ether oxygens (including phenoxy) is 1. The number of halogens is 1. The Morgan fingerprint density at radius 3 is 2.40 bits per heavy atom. The van der Waals surface area contributed by atoms with Gasteiger partial charge in [-0.2, -0.15) is 0 Å². The minimum absolute atomic E-state index is 0.00347. The number of carbonyl (C=O) groups is 1. The smallest absolute Gasteiger partial charge is 0.293 e. The number of amides is 1. The summed E-state index contributed by atoms with van der Waals surface area (Å²) in [5, 5.41) is 17.3. The number of anilines is 2. The number of carbonyl (C=O) groups excluding carboxylic acids is 1. The number of benzene rings is 4. The average molecular weight is 921 g/mol. The van der Waals surface area contributed by atoms with Gasteiger partial charge in [-0.25, -0.2) is 13.1 Å². The number of rotatable bonds is 13. The van der Waals surface area contributed by atoms with Crippen LogP contribution in [-0.2, 0) is 10.0 Å². The van der Waals surface area contributed by atoms with Gasteiger partial charge in [0.05, 0.1) is 15.4 Å². The molecule has 342 valence electrons. The topological polar surface area (TPSA) is 153 Å². The van der Waals surface area contributed by atoms with Gasteiger partial charge in [0.2, 0.25) is 0 Å². The second-order valence-electron chi connectivity index (χ2n) is 19.0. The predicted octanol–water partition coefficient (Wildman–Crippen LogP) is 10.2. The minimum Gasteiger partial charge on any atom is -0.456 e. The first-order valence-corrected chi connectivity index (χ1v) is 24.8. The molecule has 3 heterocycles. The van der Waals surface area contributed by atoms with E-state index in [9.17, 15) is 23.3 Å². The zero-order valence-electron chi connectivity index (χ0n) is 37.2. The highest BCUT2D eigenvalue weighted by molar-refractivity contribution is 7.90. The fraction of sp³-hybridized carbons (Fsp3) is 0.420. The van der Waals surface area contributed by atoms with Gasteiger partial charge in [-0.05, 0) is 122 Å². The van der Waals surface area contributed by atoms with E-state index in [1.165, 1.54) is 54.5 Å². The SMILES string of the molecule is CC1(C)CCC(CN2CCN(c3ccc(C(=O)NS(=O)(=O)c4ccc(NC5CCN(C6CCCC6)CC5)c([N+](=O)[O-])c4)c(Oc4ccc5[nH]ccc5c4)c3)CC2)=C(c2ccc(Cl)cc2)C1. The maximum atomic E-state index is 14.0. The molecule has 2 aliphatic heterocycles. The second-order valence-corrected chi connectivity index (χ2v) is 21.1. The lowest BCUT2D eigenvalue weighted by Crippen LogP contribution is -2.47. The molecule has 1 saturated carbocycles. The van der Waals surface area contributed by atoms with Crippen molar-refractivity contribution in [3.05, 3.63) is 123 Å². The molecule has 4 aliphatic rings. The number of hydrogen-bond acceptors (Lipinski definition) is 10. The molecule has 13 nitrogen and oxygen atoms in total. The molecule has 4 aromatic carbocycles. The number of likely N-dealkylation sites (tertiary alicyclic amines) is 1. The molecule has 0 radical (unpaired) electrons. The Hall–Kier alpha value is -5.41. The summed E-state index contributed by atoms with van der Waals surface area (Å²) in [6.45, 7) is 10.6. The van der Waals surface area contributed by atoms with Gasteiger partial charge in [-0.3, -0.25) is 19.8 Å². The fourth-order valence-electron chi connectivity index (χ4n) is 10.2. The van der Waals surface area contributed by atoms with E-state index >= 15 is 0 Å². The van der Waals surface area contributed by atoms with Crippen LogP contribution >= 0.6 is 11.6 Å². The van der Waals surface area contributed by atoms with Gasteiger partial charge in [0, 0.05) is 97.8 Å². The Morgan fingerprint density at radius 1 is 0.908 bits per heavy atom. The van der Waals surface area contributed by atoms with Crippen molar-refractivity contribution in [2.24, 2.45) is 5.41 Å². The Labute approximate surface area is 386 Å². The van der Waals surface area contributed by atoms with Gasteiger partial charge in [0.1, 0.15) is 17.2 Å². The van der Waals surface area contributed by atoms with Crippen LogP contribution in [0.25, 0.3) is 16.5 Å². The van der Waals surface area contributed by atoms with E-state index in [2.05, 4.69) is 55.7 Å². The minimum atomic E-state index is -4.54. The van der Waals surface area contributed by atoms with Crippen LogP contribution < -0.4 is 19.7 Å². The van der Waals surface area contributed by atoms with Crippen LogP contribution in [0.1, 0.15) is 87.6 Å². The third-order valence-corrected chi connectivity index (χ3v) is 15.5. The van der Waals surface area contributed by atoms with E-state index in [4.69, 9.17) is 16.3 Å². The Morgan fingerprint density at radius 2 is 1.66 bits per heavy atom. The molecule has 15 heteroatoms. The molecule has 0 unspecified atom stereocenters. The maximum Gasteiger partial charge on any atom is 0.293 e. The molecule has 9 rings (SSSR count). The zero-order chi connectivity index (χ0) is 45.3. The van der Waals surface area contributed by atoms with E-state index in [0.29, 0.717) is 11.8 Å². The summed E-state index contributed by atoms with van der Waals surface area (Å²) in [5.41, 5.74) is 6.01. The number of nitrogens with zero attached hydrogens (tertiary/aromatic N) is 4. The van der Waals surface area contributed by atoms with Crippen molar-refractivity contribution in [1.82, 2.24) is 19.5 Å². The van der Waals surface area contributed by atoms with E-state index in [-0.39, 0.29) is 39.0 Å². The van der Waals surface area contributed by atoms with E-state index in [0.717, 1.165) is 106 Å². The molecule has 2 aliphatic carbocycles. The maximum absolute atomic E-state index is 14.0. The first-order valence-electron chi connectivity index (χ1n) is 23.0. The standard InChI is InChI=1S/C50H58ClN7O6S/c1-50(2)21-17-36(44(32-50)34-7-9-37(51)10-8-34)33-55-25-27-57(28-26-55)40-11-14-43(48(30-40)64-41-12-15-45-35(29-41)18-22-52-45)49(59)54-65(62,63)42-13-16-46(47(31-42)58(60)61)53-38-19-23-56(24-20-38)39-5-3-4-6-39/h7-16,18,22,29-31,38-39,52-53H,3-6,17,19-21,23-28,32-33H2,1-2H3,(H,54,59). The van der Waals surface area contributed by atoms with Gasteiger partial charge < -0.3 is 24.8 Å². The monoisotopic (exact) mass is 919 g/mol. The highest BCUT2D eigenvalue weighted by Crippen LogP contribution is 2.44. The third kappa shape index (κ3) is 10.4. The molecule has 3 N–H and O–H groups in total. The predicted molar refractivity (Wildman–Crippen MR) is 258 cm³/mol. The third-order valence-electron chi connectivity index (χ3n) is 13.9. The lowest BCUT2D eigenvalue weighted by atomic mass is 9.72. The molecule has 0 bridgehead atoms. The largest absolute Gasteiger partial charge is 0.456 e. The number of fused-ring (bicyclic) bond motifs is 1. The second kappa shape index (κ2) is 18.8. The summed E-state index contributed by atoms with van der Waals surface area (Å²) in [4.78, 5) is 35.8. The van der Waals surface area contributed by atoms with E-state index in [1.807, 2.05) is 42.6 Å². The molecule has 3 fully saturated rings. The number of nitro benzene ring substituents is 1.